The highest BCUT2D eigenvalue weighted by Crippen LogP contribution is 2.19. The summed E-state index contributed by atoms with van der Waals surface area (Å²) in [6.07, 6.45) is 2.32. The highest BCUT2D eigenvalue weighted by molar-refractivity contribution is 6.29. The predicted molar refractivity (Wildman–Crippen MR) is 100 cm³/mol. The van der Waals surface area contributed by atoms with Crippen molar-refractivity contribution in [1.82, 2.24) is 9.88 Å². The quantitative estimate of drug-likeness (QED) is 0.810. The number of nitrogens with two attached hydrogens (primary N) is 1. The second kappa shape index (κ2) is 8.00. The van der Waals surface area contributed by atoms with Gasteiger partial charge in [0.05, 0.1) is 11.6 Å². The van der Waals surface area contributed by atoms with E-state index < -0.39 is 0 Å². The second-order valence-corrected chi connectivity index (χ2v) is 6.48. The molecule has 1 aliphatic rings. The minimum absolute atomic E-state index is 0.194. The second-order valence-electron chi connectivity index (χ2n) is 6.10. The van der Waals surface area contributed by atoms with Crippen molar-refractivity contribution in [3.05, 3.63) is 70.1 Å². The number of carbonyl (C=O) groups is 1. The molecule has 26 heavy (non-hydrogen) atoms. The van der Waals surface area contributed by atoms with Crippen LogP contribution in [0.1, 0.15) is 17.5 Å². The molecule has 0 bridgehead atoms. The van der Waals surface area contributed by atoms with Crippen LogP contribution >= 0.6 is 11.6 Å². The number of benzene rings is 1. The number of aromatic nitrogens is 1. The summed E-state index contributed by atoms with van der Waals surface area (Å²) in [4.78, 5) is 18.7. The number of nitrogens with one attached hydrogen (secondary N) is 1. The van der Waals surface area contributed by atoms with Crippen molar-refractivity contribution in [3.63, 3.8) is 0 Å². The Morgan fingerprint density at radius 1 is 1.31 bits per heavy atom. The molecular formula is C19H18ClN5O. The lowest BCUT2D eigenvalue weighted by Crippen LogP contribution is -2.36. The standard InChI is InChI=1S/C19H18ClN5O/c20-18-6-3-14(10-23-18)11-25-8-7-16(17(22)12-25)19(26)24-15-4-1-13(9-21)2-5-15/h1-6,10H,7-8,11-12,22H2,(H,24,26). The zero-order valence-electron chi connectivity index (χ0n) is 14.1. The van der Waals surface area contributed by atoms with Crippen molar-refractivity contribution in [2.24, 2.45) is 5.73 Å². The Bertz CT molecular complexity index is 868. The molecule has 0 unspecified atom stereocenters. The lowest BCUT2D eigenvalue weighted by atomic mass is 10.0. The van der Waals surface area contributed by atoms with E-state index in [1.165, 1.54) is 0 Å². The average Bonchev–Trinajstić information content (AvgIpc) is 2.64. The number of anilines is 1. The van der Waals surface area contributed by atoms with Gasteiger partial charge in [0.25, 0.3) is 5.91 Å². The topological polar surface area (TPSA) is 95.0 Å². The van der Waals surface area contributed by atoms with Crippen LogP contribution in [0.3, 0.4) is 0 Å². The van der Waals surface area contributed by atoms with Crippen molar-refractivity contribution in [2.45, 2.75) is 13.0 Å². The summed E-state index contributed by atoms with van der Waals surface area (Å²) in [5.41, 5.74) is 9.57. The number of hydrogen-bond acceptors (Lipinski definition) is 5. The van der Waals surface area contributed by atoms with E-state index in [-0.39, 0.29) is 5.91 Å². The number of amides is 1. The van der Waals surface area contributed by atoms with Gasteiger partial charge in [0, 0.05) is 42.8 Å². The highest BCUT2D eigenvalue weighted by Gasteiger charge is 2.22. The molecule has 0 saturated carbocycles. The molecule has 0 aliphatic carbocycles. The van der Waals surface area contributed by atoms with E-state index in [1.807, 2.05) is 12.1 Å². The number of hydrogen-bond donors (Lipinski definition) is 2. The first-order valence-corrected chi connectivity index (χ1v) is 8.55. The summed E-state index contributed by atoms with van der Waals surface area (Å²) in [5, 5.41) is 12.1. The molecule has 0 saturated heterocycles. The van der Waals surface area contributed by atoms with Gasteiger partial charge in [-0.2, -0.15) is 5.26 Å². The van der Waals surface area contributed by atoms with Crippen molar-refractivity contribution in [3.8, 4) is 6.07 Å². The van der Waals surface area contributed by atoms with Crippen molar-refractivity contribution in [1.29, 1.82) is 5.26 Å². The van der Waals surface area contributed by atoms with Crippen LogP contribution in [0.15, 0.2) is 53.9 Å². The largest absolute Gasteiger partial charge is 0.401 e. The van der Waals surface area contributed by atoms with Crippen LogP contribution in [-0.4, -0.2) is 28.9 Å². The summed E-state index contributed by atoms with van der Waals surface area (Å²) < 4.78 is 0. The van der Waals surface area contributed by atoms with Gasteiger partial charge in [0.1, 0.15) is 5.15 Å². The number of nitrogens with zero attached hydrogens (tertiary/aromatic N) is 3. The van der Waals surface area contributed by atoms with Crippen LogP contribution in [0.5, 0.6) is 0 Å². The molecule has 2 heterocycles. The Kier molecular flexibility index (Phi) is 5.52. The normalized spacial score (nSPS) is 14.8. The van der Waals surface area contributed by atoms with Crippen LogP contribution in [0.4, 0.5) is 5.69 Å². The first kappa shape index (κ1) is 17.9. The van der Waals surface area contributed by atoms with E-state index in [4.69, 9.17) is 22.6 Å². The molecular weight excluding hydrogens is 350 g/mol. The molecule has 1 aliphatic heterocycles. The highest BCUT2D eigenvalue weighted by atomic mass is 35.5. The van der Waals surface area contributed by atoms with Crippen LogP contribution < -0.4 is 11.1 Å². The van der Waals surface area contributed by atoms with E-state index in [0.717, 1.165) is 12.1 Å². The fourth-order valence-electron chi connectivity index (χ4n) is 2.83. The summed E-state index contributed by atoms with van der Waals surface area (Å²) in [6, 6.07) is 12.5. The van der Waals surface area contributed by atoms with Gasteiger partial charge >= 0.3 is 0 Å². The van der Waals surface area contributed by atoms with Crippen molar-refractivity contribution >= 4 is 23.2 Å². The molecule has 0 spiro atoms. The first-order valence-electron chi connectivity index (χ1n) is 8.17. The van der Waals surface area contributed by atoms with Crippen LogP contribution in [-0.2, 0) is 11.3 Å². The third kappa shape index (κ3) is 4.39. The average molecular weight is 368 g/mol. The van der Waals surface area contributed by atoms with E-state index in [1.54, 1.807) is 36.5 Å². The summed E-state index contributed by atoms with van der Waals surface area (Å²) in [5.74, 6) is -0.194. The zero-order valence-corrected chi connectivity index (χ0v) is 14.8. The lowest BCUT2D eigenvalue weighted by Gasteiger charge is -2.28. The van der Waals surface area contributed by atoms with Gasteiger partial charge in [-0.15, -0.1) is 0 Å². The number of carbonyl (C=O) groups excluding carboxylic acids is 1. The fourth-order valence-corrected chi connectivity index (χ4v) is 2.94. The molecule has 1 aromatic carbocycles. The SMILES string of the molecule is N#Cc1ccc(NC(=O)C2=C(N)CN(Cc3ccc(Cl)nc3)CC2)cc1. The third-order valence-electron chi connectivity index (χ3n) is 4.20. The molecule has 0 atom stereocenters. The molecule has 1 amide bonds. The van der Waals surface area contributed by atoms with Gasteiger partial charge in [-0.25, -0.2) is 4.98 Å². The molecule has 0 fully saturated rings. The van der Waals surface area contributed by atoms with Crippen LogP contribution in [0.25, 0.3) is 0 Å². The Morgan fingerprint density at radius 3 is 2.69 bits per heavy atom. The van der Waals surface area contributed by atoms with Gasteiger partial charge in [-0.1, -0.05) is 17.7 Å². The van der Waals surface area contributed by atoms with E-state index in [9.17, 15) is 4.79 Å². The minimum atomic E-state index is -0.194. The predicted octanol–water partition coefficient (Wildman–Crippen LogP) is 2.66. The van der Waals surface area contributed by atoms with E-state index in [2.05, 4.69) is 15.2 Å². The smallest absolute Gasteiger partial charge is 0.253 e. The maximum absolute atomic E-state index is 12.5. The molecule has 7 heteroatoms. The maximum Gasteiger partial charge on any atom is 0.253 e. The Morgan fingerprint density at radius 2 is 2.08 bits per heavy atom. The summed E-state index contributed by atoms with van der Waals surface area (Å²) in [6.45, 7) is 1.97. The molecule has 132 valence electrons. The molecule has 3 N–H and O–H groups in total. The van der Waals surface area contributed by atoms with Gasteiger partial charge < -0.3 is 11.1 Å². The molecule has 3 rings (SSSR count). The maximum atomic E-state index is 12.5. The molecule has 2 aromatic rings. The fraction of sp³-hybridized carbons (Fsp3) is 0.211. The van der Waals surface area contributed by atoms with E-state index in [0.29, 0.717) is 47.2 Å². The zero-order chi connectivity index (χ0) is 18.5. The Hall–Kier alpha value is -2.88. The van der Waals surface area contributed by atoms with Crippen molar-refractivity contribution in [2.75, 3.05) is 18.4 Å². The van der Waals surface area contributed by atoms with Crippen molar-refractivity contribution < 1.29 is 4.79 Å². The first-order chi connectivity index (χ1) is 12.5. The number of pyridine rings is 1. The van der Waals surface area contributed by atoms with Gasteiger partial charge in [0.15, 0.2) is 0 Å². The monoisotopic (exact) mass is 367 g/mol. The van der Waals surface area contributed by atoms with Gasteiger partial charge in [0.2, 0.25) is 0 Å². The molecule has 0 radical (unpaired) electrons. The number of halogens is 1. The van der Waals surface area contributed by atoms with Crippen LogP contribution in [0.2, 0.25) is 5.15 Å². The van der Waals surface area contributed by atoms with Gasteiger partial charge in [-0.05, 0) is 42.3 Å². The molecule has 1 aromatic heterocycles. The third-order valence-corrected chi connectivity index (χ3v) is 4.42. The van der Waals surface area contributed by atoms with Crippen LogP contribution in [0, 0.1) is 11.3 Å². The summed E-state index contributed by atoms with van der Waals surface area (Å²) >= 11 is 5.80. The summed E-state index contributed by atoms with van der Waals surface area (Å²) in [7, 11) is 0. The lowest BCUT2D eigenvalue weighted by molar-refractivity contribution is -0.113. The van der Waals surface area contributed by atoms with E-state index >= 15 is 0 Å². The Labute approximate surface area is 156 Å². The molecule has 6 nitrogen and oxygen atoms in total. The Balaban J connectivity index is 1.62. The number of rotatable bonds is 4. The van der Waals surface area contributed by atoms with Gasteiger partial charge in [-0.3, -0.25) is 9.69 Å². The minimum Gasteiger partial charge on any atom is -0.401 e. The number of nitriles is 1.